The zero-order valence-electron chi connectivity index (χ0n) is 38.1. The molecule has 0 atom stereocenters. The number of hydrogen-bond acceptors (Lipinski definition) is 4. The quantitative estimate of drug-likeness (QED) is 0.178. The molecule has 0 saturated carbocycles. The molecule has 0 amide bonds. The van der Waals surface area contributed by atoms with Gasteiger partial charge in [-0.25, -0.2) is 0 Å². The van der Waals surface area contributed by atoms with Crippen molar-refractivity contribution in [2.24, 2.45) is 0 Å². The molecule has 0 aromatic heterocycles. The summed E-state index contributed by atoms with van der Waals surface area (Å²) in [6.07, 6.45) is 4.40. The minimum Gasteiger partial charge on any atom is -0.305 e. The van der Waals surface area contributed by atoms with Crippen LogP contribution in [0.2, 0.25) is 0 Å². The van der Waals surface area contributed by atoms with Gasteiger partial charge in [-0.05, 0) is 209 Å². The van der Waals surface area contributed by atoms with E-state index in [0.29, 0.717) is 0 Å². The van der Waals surface area contributed by atoms with Crippen molar-refractivity contribution in [2.75, 3.05) is 82.6 Å². The van der Waals surface area contributed by atoms with Gasteiger partial charge in [0.15, 0.2) is 0 Å². The average Bonchev–Trinajstić information content (AvgIpc) is 3.87. The summed E-state index contributed by atoms with van der Waals surface area (Å²) >= 11 is 0. The SMILES string of the molecule is CC.CC.CC1=C(CN(C)C)Cc2c1c1c(c3ccccc23)CC(CN(C)C)=C1C.CC1=C(CN(C)C)c2c3c(c4ccccc4c2C1)CC(C)=C3CN(C)C. The van der Waals surface area contributed by atoms with Crippen LogP contribution in [0.3, 0.4) is 0 Å². The summed E-state index contributed by atoms with van der Waals surface area (Å²) < 4.78 is 0. The van der Waals surface area contributed by atoms with E-state index >= 15 is 0 Å². The van der Waals surface area contributed by atoms with E-state index in [-0.39, 0.29) is 0 Å². The Bertz CT molecular complexity index is 2080. The normalized spacial score (nSPS) is 15.5. The Balaban J connectivity index is 0.000000197. The van der Waals surface area contributed by atoms with Crippen molar-refractivity contribution in [2.45, 2.75) is 81.1 Å². The highest BCUT2D eigenvalue weighted by molar-refractivity contribution is 6.05. The third kappa shape index (κ3) is 8.14. The summed E-state index contributed by atoms with van der Waals surface area (Å²) in [4.78, 5) is 9.22. The van der Waals surface area contributed by atoms with Crippen molar-refractivity contribution >= 4 is 43.8 Å². The molecule has 0 heterocycles. The molecule has 4 aliphatic carbocycles. The molecular formula is C52H72N4. The molecule has 0 N–H and O–H groups in total. The third-order valence-corrected chi connectivity index (χ3v) is 11.9. The number of fused-ring (bicyclic) bond motifs is 12. The molecule has 4 aromatic carbocycles. The first-order chi connectivity index (χ1) is 26.8. The monoisotopic (exact) mass is 753 g/mol. The second kappa shape index (κ2) is 18.2. The molecule has 56 heavy (non-hydrogen) atoms. The zero-order chi connectivity index (χ0) is 41.2. The maximum absolute atomic E-state index is 2.34. The first-order valence-electron chi connectivity index (χ1n) is 21.2. The number of benzene rings is 4. The van der Waals surface area contributed by atoms with Gasteiger partial charge in [-0.2, -0.15) is 0 Å². The van der Waals surface area contributed by atoms with Crippen LogP contribution in [0.15, 0.2) is 70.8 Å². The molecule has 4 aromatic rings. The zero-order valence-corrected chi connectivity index (χ0v) is 38.1. The molecule has 0 unspecified atom stereocenters. The van der Waals surface area contributed by atoms with Crippen LogP contribution in [0.25, 0.3) is 43.8 Å². The molecule has 300 valence electrons. The van der Waals surface area contributed by atoms with E-state index in [1.807, 2.05) is 27.7 Å². The van der Waals surface area contributed by atoms with Crippen molar-refractivity contribution in [3.05, 3.63) is 115 Å². The molecule has 8 rings (SSSR count). The summed E-state index contributed by atoms with van der Waals surface area (Å²) in [7, 11) is 17.4. The number of allylic oxidation sites excluding steroid dienone is 4. The summed E-state index contributed by atoms with van der Waals surface area (Å²) in [5.41, 5.74) is 24.8. The molecule has 0 bridgehead atoms. The molecule has 0 radical (unpaired) electrons. The topological polar surface area (TPSA) is 13.0 Å². The lowest BCUT2D eigenvalue weighted by Crippen LogP contribution is -2.17. The number of likely N-dealkylation sites (N-methyl/N-ethyl adjacent to an activating group) is 4. The Hall–Kier alpha value is -3.80. The number of hydrogen-bond donors (Lipinski definition) is 0. The Morgan fingerprint density at radius 3 is 0.911 bits per heavy atom. The largest absolute Gasteiger partial charge is 0.305 e. The first-order valence-corrected chi connectivity index (χ1v) is 21.2. The molecular weight excluding hydrogens is 681 g/mol. The van der Waals surface area contributed by atoms with Crippen LogP contribution in [0.4, 0.5) is 0 Å². The second-order valence-corrected chi connectivity index (χ2v) is 17.1. The van der Waals surface area contributed by atoms with Gasteiger partial charge < -0.3 is 19.6 Å². The van der Waals surface area contributed by atoms with Gasteiger partial charge in [0.25, 0.3) is 0 Å². The van der Waals surface area contributed by atoms with Gasteiger partial charge in [-0.1, -0.05) is 87.4 Å². The highest BCUT2D eigenvalue weighted by Crippen LogP contribution is 2.50. The van der Waals surface area contributed by atoms with E-state index in [9.17, 15) is 0 Å². The fraction of sp³-hybridized carbons (Fsp3) is 0.462. The van der Waals surface area contributed by atoms with Crippen LogP contribution >= 0.6 is 0 Å². The van der Waals surface area contributed by atoms with Crippen molar-refractivity contribution in [3.63, 3.8) is 0 Å². The molecule has 4 heteroatoms. The lowest BCUT2D eigenvalue weighted by atomic mass is 9.87. The summed E-state index contributed by atoms with van der Waals surface area (Å²) in [5, 5.41) is 5.86. The molecule has 0 saturated heterocycles. The fourth-order valence-electron chi connectivity index (χ4n) is 9.78. The summed E-state index contributed by atoms with van der Waals surface area (Å²) in [6.45, 7) is 21.5. The van der Waals surface area contributed by atoms with Crippen molar-refractivity contribution in [1.82, 2.24) is 19.6 Å². The molecule has 4 aliphatic rings. The Labute approximate surface area is 341 Å². The van der Waals surface area contributed by atoms with Crippen LogP contribution in [-0.4, -0.2) is 102 Å². The smallest absolute Gasteiger partial charge is 0.0233 e. The second-order valence-electron chi connectivity index (χ2n) is 17.1. The van der Waals surface area contributed by atoms with Gasteiger partial charge in [0.2, 0.25) is 0 Å². The highest BCUT2D eigenvalue weighted by Gasteiger charge is 2.33. The lowest BCUT2D eigenvalue weighted by molar-refractivity contribution is 0.443. The molecule has 4 nitrogen and oxygen atoms in total. The van der Waals surface area contributed by atoms with Crippen molar-refractivity contribution in [3.8, 4) is 0 Å². The van der Waals surface area contributed by atoms with E-state index in [4.69, 9.17) is 0 Å². The van der Waals surface area contributed by atoms with E-state index in [1.165, 1.54) is 32.7 Å². The van der Waals surface area contributed by atoms with Gasteiger partial charge in [0.05, 0.1) is 0 Å². The van der Waals surface area contributed by atoms with Crippen LogP contribution in [0.1, 0.15) is 99.9 Å². The van der Waals surface area contributed by atoms with Crippen molar-refractivity contribution in [1.29, 1.82) is 0 Å². The van der Waals surface area contributed by atoms with Crippen LogP contribution in [0.5, 0.6) is 0 Å². The highest BCUT2D eigenvalue weighted by atomic mass is 15.1. The lowest BCUT2D eigenvalue weighted by Gasteiger charge is -2.21. The third-order valence-electron chi connectivity index (χ3n) is 11.9. The number of rotatable bonds is 8. The molecule has 0 fully saturated rings. The summed E-state index contributed by atoms with van der Waals surface area (Å²) in [6, 6.07) is 18.1. The standard InChI is InChI=1S/2C24H30N2.2C2H6/c1-15-17(13-25(3)4)11-21-19-9-7-8-10-20(19)22-12-18(14-26(5)6)16(2)24(22)23(15)21;1-15-11-19-17-9-7-8-10-18(17)20-12-16(2)22(14-26(5)6)24(20)23(19)21(15)13-25(3)4;2*1-2/h2*7-10H,11-14H2,1-6H3;2*1-2H3. The van der Waals surface area contributed by atoms with Crippen molar-refractivity contribution < 1.29 is 0 Å². The van der Waals surface area contributed by atoms with Gasteiger partial charge in [0, 0.05) is 26.2 Å². The fourth-order valence-corrected chi connectivity index (χ4v) is 9.78. The van der Waals surface area contributed by atoms with Crippen LogP contribution < -0.4 is 0 Å². The minimum atomic E-state index is 1.03. The summed E-state index contributed by atoms with van der Waals surface area (Å²) in [5.74, 6) is 0. The van der Waals surface area contributed by atoms with Gasteiger partial charge in [0.1, 0.15) is 0 Å². The average molecular weight is 753 g/mol. The van der Waals surface area contributed by atoms with Gasteiger partial charge in [-0.3, -0.25) is 0 Å². The Morgan fingerprint density at radius 1 is 0.375 bits per heavy atom. The predicted molar refractivity (Wildman–Crippen MR) is 250 cm³/mol. The van der Waals surface area contributed by atoms with Gasteiger partial charge >= 0.3 is 0 Å². The van der Waals surface area contributed by atoms with Gasteiger partial charge in [-0.15, -0.1) is 0 Å². The number of nitrogens with zero attached hydrogens (tertiary/aromatic N) is 4. The van der Waals surface area contributed by atoms with E-state index in [1.54, 1.807) is 77.9 Å². The maximum atomic E-state index is 2.34. The van der Waals surface area contributed by atoms with E-state index in [2.05, 4.69) is 152 Å². The first kappa shape index (κ1) is 43.3. The van der Waals surface area contributed by atoms with Crippen LogP contribution in [0, 0.1) is 0 Å². The maximum Gasteiger partial charge on any atom is 0.0233 e. The van der Waals surface area contributed by atoms with Crippen LogP contribution in [-0.2, 0) is 25.7 Å². The molecule has 0 aliphatic heterocycles. The Morgan fingerprint density at radius 2 is 0.643 bits per heavy atom. The predicted octanol–water partition coefficient (Wildman–Crippen LogP) is 11.3. The van der Waals surface area contributed by atoms with E-state index < -0.39 is 0 Å². The molecule has 0 spiro atoms. The Kier molecular flexibility index (Phi) is 14.1. The van der Waals surface area contributed by atoms with E-state index in [0.717, 1.165) is 51.9 Å². The minimum absolute atomic E-state index is 1.03.